The molecule has 1 fully saturated rings. The number of fused-ring (bicyclic) bond motifs is 2. The Labute approximate surface area is 258 Å². The van der Waals surface area contributed by atoms with Crippen LogP contribution >= 0.6 is 0 Å². The van der Waals surface area contributed by atoms with Gasteiger partial charge in [0.05, 0.1) is 6.61 Å². The van der Waals surface area contributed by atoms with Crippen molar-refractivity contribution in [2.24, 2.45) is 11.3 Å². The van der Waals surface area contributed by atoms with Gasteiger partial charge >= 0.3 is 11.9 Å². The quantitative estimate of drug-likeness (QED) is 0.253. The number of hydrogen-bond acceptors (Lipinski definition) is 5. The van der Waals surface area contributed by atoms with Gasteiger partial charge in [0, 0.05) is 17.5 Å². The van der Waals surface area contributed by atoms with E-state index in [-0.39, 0.29) is 24.2 Å². The number of esters is 1. The van der Waals surface area contributed by atoms with Crippen molar-refractivity contribution in [1.82, 2.24) is 5.32 Å². The Morgan fingerprint density at radius 2 is 1.75 bits per heavy atom. The largest absolute Gasteiger partial charge is 0.480 e. The molecule has 0 bridgehead atoms. The molecule has 1 saturated carbocycles. The summed E-state index contributed by atoms with van der Waals surface area (Å²) in [7, 11) is 0. The van der Waals surface area contributed by atoms with Crippen LogP contribution in [0.4, 0.5) is 5.69 Å². The molecule has 8 nitrogen and oxygen atoms in total. The van der Waals surface area contributed by atoms with E-state index in [1.165, 1.54) is 21.2 Å². The lowest BCUT2D eigenvalue weighted by Gasteiger charge is -2.34. The molecule has 5 rings (SSSR count). The van der Waals surface area contributed by atoms with E-state index < -0.39 is 29.9 Å². The fourth-order valence-electron chi connectivity index (χ4n) is 7.19. The number of carboxylic acids is 1. The lowest BCUT2D eigenvalue weighted by Crippen LogP contribution is -2.53. The first-order chi connectivity index (χ1) is 21.3. The molecule has 232 valence electrons. The SMILES string of the molecule is CCOC(=O)CC(CCc1cccc2ccccc12)CC1(C(=O)NC2CCc3ccccc3N(CC(=O)O)C2=O)CCCC1. The smallest absolute Gasteiger partial charge is 0.323 e. The molecule has 2 amide bonds. The van der Waals surface area contributed by atoms with E-state index in [1.807, 2.05) is 24.3 Å². The number of carbonyl (C=O) groups is 4. The van der Waals surface area contributed by atoms with Gasteiger partial charge in [0.1, 0.15) is 12.6 Å². The van der Waals surface area contributed by atoms with Crippen LogP contribution in [0, 0.1) is 11.3 Å². The van der Waals surface area contributed by atoms with Crippen molar-refractivity contribution < 1.29 is 29.0 Å². The predicted molar refractivity (Wildman–Crippen MR) is 169 cm³/mol. The average molecular weight is 599 g/mol. The number of aliphatic carboxylic acids is 1. The monoisotopic (exact) mass is 598 g/mol. The van der Waals surface area contributed by atoms with Gasteiger partial charge < -0.3 is 15.2 Å². The molecular weight excluding hydrogens is 556 g/mol. The van der Waals surface area contributed by atoms with Gasteiger partial charge in [-0.25, -0.2) is 0 Å². The minimum atomic E-state index is -1.11. The Morgan fingerprint density at radius 3 is 2.52 bits per heavy atom. The van der Waals surface area contributed by atoms with E-state index in [9.17, 15) is 24.3 Å². The highest BCUT2D eigenvalue weighted by molar-refractivity contribution is 6.03. The normalized spacial score (nSPS) is 18.3. The lowest BCUT2D eigenvalue weighted by atomic mass is 9.74. The van der Waals surface area contributed by atoms with Gasteiger partial charge in [0.2, 0.25) is 11.8 Å². The number of carbonyl (C=O) groups excluding carboxylic acids is 3. The summed E-state index contributed by atoms with van der Waals surface area (Å²) >= 11 is 0. The van der Waals surface area contributed by atoms with Crippen molar-refractivity contribution in [3.05, 3.63) is 77.9 Å². The van der Waals surface area contributed by atoms with E-state index in [2.05, 4.69) is 35.6 Å². The zero-order chi connectivity index (χ0) is 31.1. The molecule has 44 heavy (non-hydrogen) atoms. The Morgan fingerprint density at radius 1 is 1.02 bits per heavy atom. The Bertz CT molecular complexity index is 1510. The maximum Gasteiger partial charge on any atom is 0.323 e. The second kappa shape index (κ2) is 14.1. The second-order valence-electron chi connectivity index (χ2n) is 12.3. The molecule has 3 aromatic rings. The van der Waals surface area contributed by atoms with Crippen LogP contribution in [0.15, 0.2) is 66.7 Å². The second-order valence-corrected chi connectivity index (χ2v) is 12.3. The van der Waals surface area contributed by atoms with Crippen molar-refractivity contribution in [1.29, 1.82) is 0 Å². The molecule has 1 heterocycles. The highest BCUT2D eigenvalue weighted by Gasteiger charge is 2.45. The number of carboxylic acid groups (broad SMARTS) is 1. The summed E-state index contributed by atoms with van der Waals surface area (Å²) in [5.41, 5.74) is 1.98. The van der Waals surface area contributed by atoms with Crippen LogP contribution in [0.25, 0.3) is 10.8 Å². The Hall–Kier alpha value is -4.20. The molecule has 2 unspecified atom stereocenters. The zero-order valence-electron chi connectivity index (χ0n) is 25.4. The highest BCUT2D eigenvalue weighted by Crippen LogP contribution is 2.45. The number of anilines is 1. The van der Waals surface area contributed by atoms with Gasteiger partial charge in [-0.1, -0.05) is 73.5 Å². The fourth-order valence-corrected chi connectivity index (χ4v) is 7.19. The molecule has 2 aliphatic rings. The van der Waals surface area contributed by atoms with Crippen molar-refractivity contribution in [2.45, 2.75) is 77.2 Å². The molecule has 3 aromatic carbocycles. The summed E-state index contributed by atoms with van der Waals surface area (Å²) in [6.07, 6.45) is 6.38. The molecule has 0 saturated heterocycles. The Balaban J connectivity index is 1.35. The molecule has 8 heteroatoms. The van der Waals surface area contributed by atoms with Crippen molar-refractivity contribution in [3.8, 4) is 0 Å². The first-order valence-corrected chi connectivity index (χ1v) is 15.8. The third-order valence-corrected chi connectivity index (χ3v) is 9.33. The van der Waals surface area contributed by atoms with Crippen molar-refractivity contribution in [2.75, 3.05) is 18.1 Å². The molecule has 2 atom stereocenters. The number of amides is 2. The molecule has 0 radical (unpaired) electrons. The molecular formula is C36H42N2O6. The van der Waals surface area contributed by atoms with Gasteiger partial charge in [-0.2, -0.15) is 0 Å². The van der Waals surface area contributed by atoms with Gasteiger partial charge in [0.15, 0.2) is 0 Å². The van der Waals surface area contributed by atoms with Crippen molar-refractivity contribution >= 4 is 40.2 Å². The van der Waals surface area contributed by atoms with Crippen LogP contribution < -0.4 is 10.2 Å². The summed E-state index contributed by atoms with van der Waals surface area (Å²) in [5.74, 6) is -2.02. The Kier molecular flexibility index (Phi) is 9.98. The van der Waals surface area contributed by atoms with E-state index in [1.54, 1.807) is 19.1 Å². The van der Waals surface area contributed by atoms with Crippen LogP contribution in [-0.4, -0.2) is 48.1 Å². The molecule has 0 spiro atoms. The first-order valence-electron chi connectivity index (χ1n) is 15.8. The van der Waals surface area contributed by atoms with Crippen LogP contribution in [0.3, 0.4) is 0 Å². The van der Waals surface area contributed by atoms with Gasteiger partial charge in [-0.15, -0.1) is 0 Å². The van der Waals surface area contributed by atoms with Crippen LogP contribution in [0.1, 0.15) is 69.4 Å². The lowest BCUT2D eigenvalue weighted by molar-refractivity contribution is -0.145. The molecule has 2 N–H and O–H groups in total. The summed E-state index contributed by atoms with van der Waals surface area (Å²) in [6, 6.07) is 21.0. The third kappa shape index (κ3) is 7.12. The molecule has 1 aliphatic heterocycles. The maximum atomic E-state index is 14.2. The number of aryl methyl sites for hydroxylation is 2. The zero-order valence-corrected chi connectivity index (χ0v) is 25.4. The minimum Gasteiger partial charge on any atom is -0.480 e. The standard InChI is InChI=1S/C36H42N2O6/c1-2-44-33(41)22-25(16-17-27-13-9-12-26-10-3-5-14-29(26)27)23-36(20-7-8-21-36)35(43)37-30-19-18-28-11-4-6-15-31(28)38(34(30)42)24-32(39)40/h3-6,9-15,25,30H,2,7-8,16-24H2,1H3,(H,37,43)(H,39,40). The summed E-state index contributed by atoms with van der Waals surface area (Å²) in [6.45, 7) is 1.63. The van der Waals surface area contributed by atoms with Crippen LogP contribution in [0.5, 0.6) is 0 Å². The summed E-state index contributed by atoms with van der Waals surface area (Å²) in [5, 5.41) is 15.0. The minimum absolute atomic E-state index is 0.0746. The summed E-state index contributed by atoms with van der Waals surface area (Å²) < 4.78 is 5.34. The van der Waals surface area contributed by atoms with Gasteiger partial charge in [-0.3, -0.25) is 24.1 Å². The molecule has 0 aromatic heterocycles. The topological polar surface area (TPSA) is 113 Å². The maximum absolute atomic E-state index is 14.2. The first kappa shape index (κ1) is 31.2. The number of para-hydroxylation sites is 1. The predicted octanol–water partition coefficient (Wildman–Crippen LogP) is 5.84. The number of hydrogen-bond donors (Lipinski definition) is 2. The van der Waals surface area contributed by atoms with Crippen LogP contribution in [-0.2, 0) is 36.8 Å². The van der Waals surface area contributed by atoms with E-state index in [0.717, 1.165) is 31.2 Å². The van der Waals surface area contributed by atoms with Crippen LogP contribution in [0.2, 0.25) is 0 Å². The fraction of sp³-hybridized carbons (Fsp3) is 0.444. The highest BCUT2D eigenvalue weighted by atomic mass is 16.5. The van der Waals surface area contributed by atoms with Gasteiger partial charge in [0.25, 0.3) is 0 Å². The third-order valence-electron chi connectivity index (χ3n) is 9.33. The van der Waals surface area contributed by atoms with Gasteiger partial charge in [-0.05, 0) is 85.8 Å². The molecule has 1 aliphatic carbocycles. The summed E-state index contributed by atoms with van der Waals surface area (Å²) in [4.78, 5) is 53.6. The number of rotatable bonds is 12. The number of nitrogens with one attached hydrogen (secondary N) is 1. The number of nitrogens with zero attached hydrogens (tertiary/aromatic N) is 1. The van der Waals surface area contributed by atoms with Crippen molar-refractivity contribution in [3.63, 3.8) is 0 Å². The number of ether oxygens (including phenoxy) is 1. The van der Waals surface area contributed by atoms with E-state index in [4.69, 9.17) is 4.74 Å². The number of benzene rings is 3. The van der Waals surface area contributed by atoms with E-state index in [0.29, 0.717) is 44.4 Å². The average Bonchev–Trinajstić information content (AvgIpc) is 3.45. The van der Waals surface area contributed by atoms with E-state index >= 15 is 0 Å².